The Bertz CT molecular complexity index is 29.7. The van der Waals surface area contributed by atoms with Crippen LogP contribution in [0.3, 0.4) is 0 Å². The number of hydrogen-bond acceptors (Lipinski definition) is 0. The molecular formula is C6H13BrZn. The van der Waals surface area contributed by atoms with Crippen LogP contribution in [0.15, 0.2) is 0 Å². The van der Waals surface area contributed by atoms with Crippen LogP contribution in [0.2, 0.25) is 0 Å². The Balaban J connectivity index is 0. The Morgan fingerprint density at radius 2 is 2.00 bits per heavy atom. The van der Waals surface area contributed by atoms with Crippen molar-refractivity contribution in [2.45, 2.75) is 26.7 Å². The molecule has 0 nitrogen and oxygen atoms in total. The standard InChI is InChI=1S/C6H13.BrH.Zn/c1-4-5-6(2)3;;/h6H,2,4-5H2,1,3H3;1H;/q-1;;+2/p-1. The second-order valence-electron chi connectivity index (χ2n) is 1.89. The van der Waals surface area contributed by atoms with Crippen LogP contribution >= 0.6 is 13.6 Å². The van der Waals surface area contributed by atoms with E-state index in [-0.39, 0.29) is 0 Å². The molecule has 0 aliphatic rings. The van der Waals surface area contributed by atoms with E-state index < -0.39 is 0 Å². The second-order valence-corrected chi connectivity index (χ2v) is 1.89. The van der Waals surface area contributed by atoms with Crippen LogP contribution in [0, 0.1) is 12.8 Å². The molecule has 0 aliphatic heterocycles. The second kappa shape index (κ2) is 11.0. The molecule has 1 unspecified atom stereocenters. The zero-order valence-corrected chi connectivity index (χ0v) is 10.3. The van der Waals surface area contributed by atoms with Gasteiger partial charge >= 0.3 is 30.0 Å². The Labute approximate surface area is 69.5 Å². The predicted molar refractivity (Wildman–Crippen MR) is 38.4 cm³/mol. The van der Waals surface area contributed by atoms with Crippen molar-refractivity contribution in [3.05, 3.63) is 6.92 Å². The molecule has 0 aromatic rings. The number of rotatable bonds is 2. The van der Waals surface area contributed by atoms with Gasteiger partial charge in [-0.25, -0.2) is 0 Å². The maximum absolute atomic E-state index is 3.83. The summed E-state index contributed by atoms with van der Waals surface area (Å²) in [6.07, 6.45) is 2.53. The van der Waals surface area contributed by atoms with Crippen LogP contribution in [0.4, 0.5) is 0 Å². The van der Waals surface area contributed by atoms with Crippen molar-refractivity contribution in [3.8, 4) is 0 Å². The van der Waals surface area contributed by atoms with E-state index in [9.17, 15) is 0 Å². The average Bonchev–Trinajstić information content (AvgIpc) is 1.72. The fraction of sp³-hybridized carbons (Fsp3) is 0.833. The molecule has 0 N–H and O–H groups in total. The van der Waals surface area contributed by atoms with Gasteiger partial charge in [0.2, 0.25) is 0 Å². The minimum absolute atomic E-state index is 0.648. The Morgan fingerprint density at radius 1 is 1.62 bits per heavy atom. The third kappa shape index (κ3) is 15.7. The molecular weight excluding hydrogens is 217 g/mol. The number of halogens is 1. The van der Waals surface area contributed by atoms with E-state index in [0.29, 0.717) is 5.92 Å². The van der Waals surface area contributed by atoms with Crippen molar-refractivity contribution in [1.29, 1.82) is 0 Å². The maximum atomic E-state index is 3.83. The first kappa shape index (κ1) is 11.8. The van der Waals surface area contributed by atoms with E-state index in [1.165, 1.54) is 29.2 Å². The molecule has 1 atom stereocenters. The van der Waals surface area contributed by atoms with E-state index in [1.54, 1.807) is 0 Å². The molecule has 0 fully saturated rings. The fourth-order valence-electron chi connectivity index (χ4n) is 0.493. The van der Waals surface area contributed by atoms with Gasteiger partial charge in [-0.15, -0.1) is 0 Å². The van der Waals surface area contributed by atoms with Crippen LogP contribution in [-0.4, -0.2) is 0 Å². The van der Waals surface area contributed by atoms with Crippen molar-refractivity contribution in [2.75, 3.05) is 0 Å². The summed E-state index contributed by atoms with van der Waals surface area (Å²) in [5.41, 5.74) is 0. The number of hydrogen-bond donors (Lipinski definition) is 0. The fourth-order valence-corrected chi connectivity index (χ4v) is 0.493. The zero-order chi connectivity index (χ0) is 6.99. The SMILES string of the molecule is [CH2-]C(C)CCC.[Zn+][Br]. The van der Waals surface area contributed by atoms with Gasteiger partial charge < -0.3 is 6.92 Å². The molecule has 0 rings (SSSR count). The predicted octanol–water partition coefficient (Wildman–Crippen LogP) is 3.10. The summed E-state index contributed by atoms with van der Waals surface area (Å²) in [6, 6.07) is 0. The van der Waals surface area contributed by atoms with Crippen LogP contribution in [0.25, 0.3) is 0 Å². The van der Waals surface area contributed by atoms with Crippen molar-refractivity contribution in [1.82, 2.24) is 0 Å². The minimum atomic E-state index is 0.648. The topological polar surface area (TPSA) is 0 Å². The molecule has 0 heterocycles. The third-order valence-electron chi connectivity index (χ3n) is 0.781. The van der Waals surface area contributed by atoms with Gasteiger partial charge in [0.15, 0.2) is 0 Å². The summed E-state index contributed by atoms with van der Waals surface area (Å²) < 4.78 is 0. The van der Waals surface area contributed by atoms with Crippen molar-refractivity contribution >= 4 is 13.6 Å². The van der Waals surface area contributed by atoms with E-state index in [1.807, 2.05) is 0 Å². The average molecular weight is 230 g/mol. The molecule has 0 saturated carbocycles. The summed E-state index contributed by atoms with van der Waals surface area (Å²) in [5.74, 6) is 0.648. The van der Waals surface area contributed by atoms with E-state index in [0.717, 1.165) is 0 Å². The summed E-state index contributed by atoms with van der Waals surface area (Å²) in [4.78, 5) is 0. The molecule has 0 spiro atoms. The first-order valence-corrected chi connectivity index (χ1v) is 9.82. The van der Waals surface area contributed by atoms with Gasteiger partial charge in [0.1, 0.15) is 0 Å². The molecule has 8 heavy (non-hydrogen) atoms. The third-order valence-corrected chi connectivity index (χ3v) is 0.781. The molecule has 0 radical (unpaired) electrons. The molecule has 0 aromatic heterocycles. The van der Waals surface area contributed by atoms with Crippen LogP contribution in [0.1, 0.15) is 26.7 Å². The summed E-state index contributed by atoms with van der Waals surface area (Å²) in [6.45, 7) is 8.15. The van der Waals surface area contributed by atoms with Crippen LogP contribution in [-0.2, 0) is 16.3 Å². The quantitative estimate of drug-likeness (QED) is 0.505. The molecule has 46 valence electrons. The van der Waals surface area contributed by atoms with Crippen molar-refractivity contribution in [2.24, 2.45) is 5.92 Å². The molecule has 0 aliphatic carbocycles. The van der Waals surface area contributed by atoms with Gasteiger partial charge in [-0.05, 0) is 0 Å². The summed E-state index contributed by atoms with van der Waals surface area (Å²) in [7, 11) is 0. The van der Waals surface area contributed by atoms with Crippen molar-refractivity contribution < 1.29 is 16.3 Å². The molecule has 0 amide bonds. The van der Waals surface area contributed by atoms with Gasteiger partial charge in [0.05, 0.1) is 0 Å². The zero-order valence-electron chi connectivity index (χ0n) is 5.78. The Kier molecular flexibility index (Phi) is 16.3. The monoisotopic (exact) mass is 228 g/mol. The molecule has 0 saturated heterocycles. The van der Waals surface area contributed by atoms with Gasteiger partial charge in [0, 0.05) is 0 Å². The van der Waals surface area contributed by atoms with E-state index in [4.69, 9.17) is 0 Å². The van der Waals surface area contributed by atoms with E-state index >= 15 is 0 Å². The van der Waals surface area contributed by atoms with Gasteiger partial charge in [0.25, 0.3) is 0 Å². The van der Waals surface area contributed by atoms with Gasteiger partial charge in [-0.1, -0.05) is 26.7 Å². The first-order chi connectivity index (χ1) is 3.77. The first-order valence-electron chi connectivity index (χ1n) is 2.87. The van der Waals surface area contributed by atoms with Crippen LogP contribution < -0.4 is 0 Å². The van der Waals surface area contributed by atoms with Crippen LogP contribution in [0.5, 0.6) is 0 Å². The summed E-state index contributed by atoms with van der Waals surface area (Å²) >= 11 is 4.25. The van der Waals surface area contributed by atoms with Gasteiger partial charge in [-0.3, -0.25) is 0 Å². The molecule has 2 heteroatoms. The Hall–Kier alpha value is 1.10. The normalized spacial score (nSPS) is 11.8. The van der Waals surface area contributed by atoms with Crippen molar-refractivity contribution in [3.63, 3.8) is 0 Å². The molecule has 0 bridgehead atoms. The summed E-state index contributed by atoms with van der Waals surface area (Å²) in [5, 5.41) is 0. The molecule has 0 aromatic carbocycles. The Morgan fingerprint density at radius 3 is 2.00 bits per heavy atom. The van der Waals surface area contributed by atoms with Gasteiger partial charge in [-0.2, -0.15) is 5.92 Å². The van der Waals surface area contributed by atoms with E-state index in [2.05, 4.69) is 34.4 Å².